The van der Waals surface area contributed by atoms with Crippen molar-refractivity contribution < 1.29 is 38.6 Å². The van der Waals surface area contributed by atoms with Crippen LogP contribution >= 0.6 is 0 Å². The zero-order valence-corrected chi connectivity index (χ0v) is 22.2. The molecule has 0 aromatic heterocycles. The Bertz CT molecular complexity index is 1470. The van der Waals surface area contributed by atoms with Gasteiger partial charge in [-0.05, 0) is 52.7 Å². The molecule has 13 heteroatoms. The largest absolute Gasteiger partial charge is 0.505 e. The van der Waals surface area contributed by atoms with Crippen molar-refractivity contribution in [1.82, 2.24) is 9.80 Å². The van der Waals surface area contributed by atoms with Gasteiger partial charge in [-0.2, -0.15) is 0 Å². The van der Waals surface area contributed by atoms with E-state index in [-0.39, 0.29) is 36.2 Å². The molecule has 1 aliphatic heterocycles. The van der Waals surface area contributed by atoms with Crippen LogP contribution in [0.1, 0.15) is 40.7 Å². The van der Waals surface area contributed by atoms with Gasteiger partial charge in [0, 0.05) is 23.6 Å². The highest BCUT2D eigenvalue weighted by molar-refractivity contribution is 6.33. The number of Topliss-reactive ketones (excluding diaryl/α,β-unsaturated/α-hetero) is 3. The topological polar surface area (TPSA) is 194 Å². The predicted octanol–water partition coefficient (Wildman–Crippen LogP) is -0.627. The van der Waals surface area contributed by atoms with E-state index in [2.05, 4.69) is 5.32 Å². The molecule has 1 aromatic carbocycles. The first-order valence-electron chi connectivity index (χ1n) is 13.2. The number of benzene rings is 1. The van der Waals surface area contributed by atoms with Gasteiger partial charge in [-0.25, -0.2) is 4.39 Å². The lowest BCUT2D eigenvalue weighted by molar-refractivity contribution is -0.157. The molecule has 4 aliphatic carbocycles. The van der Waals surface area contributed by atoms with Gasteiger partial charge >= 0.3 is 0 Å². The third-order valence-electron chi connectivity index (χ3n) is 9.83. The zero-order chi connectivity index (χ0) is 29.2. The summed E-state index contributed by atoms with van der Waals surface area (Å²) in [7, 11) is 4.74. The smallest absolute Gasteiger partial charge is 0.245 e. The van der Waals surface area contributed by atoms with Crippen LogP contribution in [0.4, 0.5) is 10.1 Å². The number of carbonyl (C=O) groups is 5. The number of nitrogens with two attached hydrogens (primary N) is 1. The minimum Gasteiger partial charge on any atom is -0.505 e. The highest BCUT2D eigenvalue weighted by Gasteiger charge is 2.68. The minimum absolute atomic E-state index is 0.00716. The molecule has 2 amide bonds. The monoisotopic (exact) mass is 555 g/mol. The fraction of sp³-hybridized carbons (Fsp3) is 0.556. The number of primary amides is 1. The summed E-state index contributed by atoms with van der Waals surface area (Å²) >= 11 is 0. The van der Waals surface area contributed by atoms with E-state index in [1.165, 1.54) is 19.0 Å². The van der Waals surface area contributed by atoms with E-state index in [1.54, 1.807) is 11.9 Å². The van der Waals surface area contributed by atoms with Gasteiger partial charge in [0.25, 0.3) is 0 Å². The average Bonchev–Trinajstić information content (AvgIpc) is 3.69. The number of ketones is 3. The van der Waals surface area contributed by atoms with Gasteiger partial charge in [0.1, 0.15) is 17.3 Å². The molecule has 1 heterocycles. The number of hydrogen-bond donors (Lipinski definition) is 5. The normalized spacial score (nSPS) is 34.5. The molecule has 3 fully saturated rings. The second-order valence-electron chi connectivity index (χ2n) is 12.1. The summed E-state index contributed by atoms with van der Waals surface area (Å²) < 4.78 is 16.2. The van der Waals surface area contributed by atoms with E-state index in [0.717, 1.165) is 0 Å². The molecule has 212 valence electrons. The summed E-state index contributed by atoms with van der Waals surface area (Å²) in [5.41, 5.74) is 0.320. The lowest BCUT2D eigenvalue weighted by Crippen LogP contribution is -2.73. The lowest BCUT2D eigenvalue weighted by atomic mass is 9.52. The summed E-state index contributed by atoms with van der Waals surface area (Å²) in [6, 6.07) is -1.16. The first-order valence-corrected chi connectivity index (χ1v) is 13.2. The highest BCUT2D eigenvalue weighted by Crippen LogP contribution is 2.54. The molecule has 1 spiro atoms. The van der Waals surface area contributed by atoms with Crippen molar-refractivity contribution in [3.8, 4) is 5.75 Å². The molecular formula is C27H30FN5O7. The van der Waals surface area contributed by atoms with Crippen molar-refractivity contribution in [3.05, 3.63) is 22.5 Å². The number of carbonyl (C=O) groups excluding carboxylic acids is 5. The Morgan fingerprint density at radius 1 is 1.20 bits per heavy atom. The highest BCUT2D eigenvalue weighted by atomic mass is 19.1. The van der Waals surface area contributed by atoms with Gasteiger partial charge in [0.15, 0.2) is 28.7 Å². The Morgan fingerprint density at radius 3 is 2.42 bits per heavy atom. The molecule has 0 bridgehead atoms. The summed E-state index contributed by atoms with van der Waals surface area (Å²) in [4.78, 5) is 69.4. The number of phenols is 1. The third kappa shape index (κ3) is 3.10. The number of anilines is 1. The number of amides is 2. The number of aliphatic hydroxyl groups is 1. The maximum absolute atomic E-state index is 16.2. The number of likely N-dealkylation sites (N-methyl/N-ethyl adjacent to an activating group) is 2. The van der Waals surface area contributed by atoms with Crippen LogP contribution < -0.4 is 11.1 Å². The molecule has 1 aromatic rings. The standard InChI is InChI=1S/C27H30FN5O7/c1-32(2)18-12-7-9-6-10-14(19(34)13(9)23(37)27(12,40)22(29)15(21(18)36)24(30)38)20(35)17-11(16(10)28)8-33(3)26(4-5-26)25(39)31-17/h9,12-13,15,18,29,35,40H,4-8H2,1-3H3,(H2,30,38)(H,31,39). The van der Waals surface area contributed by atoms with Gasteiger partial charge in [0.05, 0.1) is 28.9 Å². The van der Waals surface area contributed by atoms with Crippen molar-refractivity contribution in [1.29, 1.82) is 5.41 Å². The van der Waals surface area contributed by atoms with Gasteiger partial charge in [-0.3, -0.25) is 33.8 Å². The van der Waals surface area contributed by atoms with Crippen molar-refractivity contribution in [3.63, 3.8) is 0 Å². The number of aromatic hydroxyl groups is 1. The van der Waals surface area contributed by atoms with E-state index >= 15 is 4.39 Å². The Morgan fingerprint density at radius 2 is 1.85 bits per heavy atom. The van der Waals surface area contributed by atoms with E-state index in [0.29, 0.717) is 12.8 Å². The van der Waals surface area contributed by atoms with Crippen LogP contribution in [-0.2, 0) is 32.1 Å². The number of nitrogens with one attached hydrogen (secondary N) is 2. The van der Waals surface area contributed by atoms with Crippen molar-refractivity contribution in [2.24, 2.45) is 29.4 Å². The van der Waals surface area contributed by atoms with Crippen molar-refractivity contribution in [2.45, 2.75) is 49.4 Å². The molecule has 40 heavy (non-hydrogen) atoms. The first-order chi connectivity index (χ1) is 18.7. The molecule has 5 aliphatic rings. The first kappa shape index (κ1) is 26.7. The summed E-state index contributed by atoms with van der Waals surface area (Å²) in [5, 5.41) is 34.1. The van der Waals surface area contributed by atoms with Gasteiger partial charge in [0.2, 0.25) is 11.8 Å². The Labute approximate surface area is 228 Å². The minimum atomic E-state index is -2.65. The number of phenolic OH excluding ortho intramolecular Hbond substituents is 1. The molecule has 0 saturated heterocycles. The molecule has 12 nitrogen and oxygen atoms in total. The number of fused-ring (bicyclic) bond motifs is 4. The van der Waals surface area contributed by atoms with Gasteiger partial charge in [-0.15, -0.1) is 0 Å². The molecule has 6 atom stereocenters. The van der Waals surface area contributed by atoms with Crippen LogP contribution in [0.15, 0.2) is 0 Å². The van der Waals surface area contributed by atoms with Gasteiger partial charge in [-0.1, -0.05) is 0 Å². The fourth-order valence-corrected chi connectivity index (χ4v) is 7.61. The summed E-state index contributed by atoms with van der Waals surface area (Å²) in [6.45, 7) is 0.00716. The van der Waals surface area contributed by atoms with E-state index in [9.17, 15) is 34.2 Å². The van der Waals surface area contributed by atoms with Crippen molar-refractivity contribution in [2.75, 3.05) is 26.5 Å². The third-order valence-corrected chi connectivity index (χ3v) is 9.83. The van der Waals surface area contributed by atoms with Gasteiger partial charge < -0.3 is 26.7 Å². The fourth-order valence-electron chi connectivity index (χ4n) is 7.61. The summed E-state index contributed by atoms with van der Waals surface area (Å²) in [6.07, 6.45) is 0.873. The van der Waals surface area contributed by atoms with E-state index in [4.69, 9.17) is 11.1 Å². The summed E-state index contributed by atoms with van der Waals surface area (Å²) in [5.74, 6) is -11.2. The molecule has 3 saturated carbocycles. The molecule has 6 rings (SSSR count). The predicted molar refractivity (Wildman–Crippen MR) is 136 cm³/mol. The number of hydrogen-bond acceptors (Lipinski definition) is 10. The SMILES string of the molecule is CN(C)C1C(=O)C(C(N)=O)C(=N)C2(O)C(=O)C3C(=O)c4c(O)c5c(c(F)c4CC3CC12)CN(C)C1(CC1)C(=O)N5. The average molecular weight is 556 g/mol. The van der Waals surface area contributed by atoms with Crippen LogP contribution in [0.2, 0.25) is 0 Å². The quantitative estimate of drug-likeness (QED) is 0.233. The second-order valence-corrected chi connectivity index (χ2v) is 12.1. The number of halogens is 1. The molecule has 6 N–H and O–H groups in total. The van der Waals surface area contributed by atoms with E-state index < -0.39 is 92.9 Å². The van der Waals surface area contributed by atoms with Crippen LogP contribution in [0.3, 0.4) is 0 Å². The Hall–Kier alpha value is -3.55. The maximum atomic E-state index is 16.2. The zero-order valence-electron chi connectivity index (χ0n) is 22.2. The second kappa shape index (κ2) is 8.24. The maximum Gasteiger partial charge on any atom is 0.245 e. The van der Waals surface area contributed by atoms with Crippen LogP contribution in [0.5, 0.6) is 5.75 Å². The van der Waals surface area contributed by atoms with Crippen LogP contribution in [0.25, 0.3) is 0 Å². The van der Waals surface area contributed by atoms with Crippen LogP contribution in [0, 0.1) is 34.9 Å². The Balaban J connectivity index is 1.48. The Kier molecular flexibility index (Phi) is 5.49. The number of rotatable bonds is 2. The number of nitrogens with zero attached hydrogens (tertiary/aromatic N) is 2. The van der Waals surface area contributed by atoms with Crippen molar-refractivity contribution >= 4 is 40.6 Å². The van der Waals surface area contributed by atoms with E-state index in [1.807, 2.05) is 0 Å². The molecule has 6 unspecified atom stereocenters. The lowest BCUT2D eigenvalue weighted by Gasteiger charge is -2.53. The molecule has 0 radical (unpaired) electrons. The molecular weight excluding hydrogens is 525 g/mol. The van der Waals surface area contributed by atoms with Crippen LogP contribution in [-0.4, -0.2) is 93.2 Å².